The number of halogens is 1. The van der Waals surface area contributed by atoms with Gasteiger partial charge in [0.15, 0.2) is 5.92 Å². The highest BCUT2D eigenvalue weighted by Gasteiger charge is 2.47. The number of esters is 2. The van der Waals surface area contributed by atoms with Gasteiger partial charge in [-0.25, -0.2) is 4.39 Å². The van der Waals surface area contributed by atoms with Crippen LogP contribution in [-0.2, 0) is 19.1 Å². The first-order chi connectivity index (χ1) is 12.3. The Morgan fingerprint density at radius 1 is 0.885 bits per heavy atom. The van der Waals surface area contributed by atoms with E-state index in [1.807, 2.05) is 30.3 Å². The van der Waals surface area contributed by atoms with Crippen LogP contribution in [0.3, 0.4) is 0 Å². The first kappa shape index (κ1) is 19.8. The van der Waals surface area contributed by atoms with Crippen molar-refractivity contribution in [1.29, 1.82) is 0 Å². The molecule has 0 N–H and O–H groups in total. The van der Waals surface area contributed by atoms with Gasteiger partial charge in [0.1, 0.15) is 5.82 Å². The monoisotopic (exact) mass is 374 g/mol. The quantitative estimate of drug-likeness (QED) is 0.443. The number of hydrogen-bond donors (Lipinski definition) is 0. The second-order valence-corrected chi connectivity index (χ2v) is 11.3. The Balaban J connectivity index is 2.66. The van der Waals surface area contributed by atoms with E-state index >= 15 is 0 Å². The topological polar surface area (TPSA) is 52.6 Å². The predicted molar refractivity (Wildman–Crippen MR) is 100 cm³/mol. The van der Waals surface area contributed by atoms with E-state index in [-0.39, 0.29) is 5.82 Å². The first-order valence-electron chi connectivity index (χ1n) is 8.29. The normalized spacial score (nSPS) is 12.5. The third-order valence-corrected chi connectivity index (χ3v) is 8.81. The highest BCUT2D eigenvalue weighted by Crippen LogP contribution is 2.36. The van der Waals surface area contributed by atoms with Gasteiger partial charge in [-0.15, -0.1) is 0 Å². The van der Waals surface area contributed by atoms with E-state index in [4.69, 9.17) is 9.47 Å². The molecule has 0 radical (unpaired) electrons. The molecule has 0 fully saturated rings. The Morgan fingerprint density at radius 2 is 1.38 bits per heavy atom. The number of hydrogen-bond acceptors (Lipinski definition) is 4. The van der Waals surface area contributed by atoms with Crippen molar-refractivity contribution < 1.29 is 23.5 Å². The highest BCUT2D eigenvalue weighted by atomic mass is 28.3. The van der Waals surface area contributed by atoms with Crippen molar-refractivity contribution in [2.75, 3.05) is 14.2 Å². The molecule has 0 saturated carbocycles. The number of methoxy groups -OCH3 is 2. The van der Waals surface area contributed by atoms with Gasteiger partial charge in [0, 0.05) is 5.54 Å². The third-order valence-electron chi connectivity index (χ3n) is 4.77. The van der Waals surface area contributed by atoms with Crippen LogP contribution in [-0.4, -0.2) is 34.2 Å². The van der Waals surface area contributed by atoms with Crippen LogP contribution in [0.5, 0.6) is 0 Å². The summed E-state index contributed by atoms with van der Waals surface area (Å²) >= 11 is 0. The summed E-state index contributed by atoms with van der Waals surface area (Å²) in [5.41, 5.74) is 0.248. The van der Waals surface area contributed by atoms with Crippen LogP contribution in [0.2, 0.25) is 13.1 Å². The first-order valence-corrected chi connectivity index (χ1v) is 11.4. The number of benzene rings is 2. The Kier molecular flexibility index (Phi) is 6.31. The van der Waals surface area contributed by atoms with Gasteiger partial charge in [-0.05, 0) is 17.7 Å². The summed E-state index contributed by atoms with van der Waals surface area (Å²) in [6, 6.07) is 15.7. The van der Waals surface area contributed by atoms with Gasteiger partial charge in [0.25, 0.3) is 0 Å². The molecule has 1 unspecified atom stereocenters. The molecular weight excluding hydrogens is 351 g/mol. The zero-order chi connectivity index (χ0) is 19.3. The van der Waals surface area contributed by atoms with Crippen LogP contribution in [0.25, 0.3) is 0 Å². The number of carbonyl (C=O) groups excluding carboxylic acids is 2. The summed E-state index contributed by atoms with van der Waals surface area (Å²) in [7, 11) is 0.0818. The molecule has 0 heterocycles. The molecule has 6 heteroatoms. The van der Waals surface area contributed by atoms with Gasteiger partial charge in [-0.3, -0.25) is 9.59 Å². The van der Waals surface area contributed by atoms with Crippen molar-refractivity contribution >= 4 is 25.2 Å². The minimum Gasteiger partial charge on any atom is -0.468 e. The summed E-state index contributed by atoms with van der Waals surface area (Å²) < 4.78 is 23.3. The molecule has 2 aromatic carbocycles. The third kappa shape index (κ3) is 4.02. The number of rotatable bonds is 6. The summed E-state index contributed by atoms with van der Waals surface area (Å²) in [5.74, 6) is -2.79. The fourth-order valence-corrected chi connectivity index (χ4v) is 6.91. The van der Waals surface area contributed by atoms with Crippen LogP contribution in [0.1, 0.15) is 11.1 Å². The molecule has 4 nitrogen and oxygen atoms in total. The zero-order valence-corrected chi connectivity index (χ0v) is 16.4. The van der Waals surface area contributed by atoms with Gasteiger partial charge in [-0.2, -0.15) is 0 Å². The van der Waals surface area contributed by atoms with Crippen molar-refractivity contribution in [2.24, 2.45) is 5.92 Å². The van der Waals surface area contributed by atoms with Crippen molar-refractivity contribution in [3.63, 3.8) is 0 Å². The van der Waals surface area contributed by atoms with Crippen LogP contribution < -0.4 is 5.19 Å². The lowest BCUT2D eigenvalue weighted by Crippen LogP contribution is -2.53. The molecule has 0 aromatic heterocycles. The molecule has 2 aromatic rings. The minimum atomic E-state index is -2.41. The van der Waals surface area contributed by atoms with E-state index in [1.54, 1.807) is 12.1 Å². The van der Waals surface area contributed by atoms with E-state index in [0.29, 0.717) is 5.56 Å². The molecule has 2 rings (SSSR count). The molecule has 1 atom stereocenters. The van der Waals surface area contributed by atoms with Crippen molar-refractivity contribution in [1.82, 2.24) is 0 Å². The summed E-state index contributed by atoms with van der Waals surface area (Å²) in [6.07, 6.45) is 0. The van der Waals surface area contributed by atoms with Gasteiger partial charge in [0.2, 0.25) is 0 Å². The molecule has 0 bridgehead atoms. The maximum atomic E-state index is 13.4. The molecule has 0 aliphatic rings. The standard InChI is InChI=1S/C20H23FO4Si/c1-24-19(22)17(20(23)25-2)18(14-10-12-15(21)13-11-14)26(3,4)16-8-6-5-7-9-16/h5-13,17-18H,1-4H3. The Labute approximate surface area is 154 Å². The average molecular weight is 374 g/mol. The SMILES string of the molecule is COC(=O)C(C(=O)OC)C(c1ccc(F)cc1)[Si](C)(C)c1ccccc1. The van der Waals surface area contributed by atoms with E-state index < -0.39 is 31.5 Å². The predicted octanol–water partition coefficient (Wildman–Crippen LogP) is 3.03. The van der Waals surface area contributed by atoms with Crippen molar-refractivity contribution in [3.05, 3.63) is 66.0 Å². The van der Waals surface area contributed by atoms with Gasteiger partial charge in [-0.1, -0.05) is 60.7 Å². The molecular formula is C20H23FO4Si. The van der Waals surface area contributed by atoms with Crippen LogP contribution in [0.15, 0.2) is 54.6 Å². The molecule has 0 spiro atoms. The second-order valence-electron chi connectivity index (χ2n) is 6.64. The second kappa shape index (κ2) is 8.27. The summed E-state index contributed by atoms with van der Waals surface area (Å²) in [6.45, 7) is 4.16. The van der Waals surface area contributed by atoms with Crippen molar-refractivity contribution in [2.45, 2.75) is 18.6 Å². The fraction of sp³-hybridized carbons (Fsp3) is 0.300. The average Bonchev–Trinajstić information content (AvgIpc) is 2.66. The largest absolute Gasteiger partial charge is 0.468 e. The minimum absolute atomic E-state index is 0.376. The van der Waals surface area contributed by atoms with Crippen LogP contribution >= 0.6 is 0 Å². The summed E-state index contributed by atoms with van der Waals surface area (Å²) in [5, 5.41) is 1.08. The smallest absolute Gasteiger partial charge is 0.320 e. The maximum Gasteiger partial charge on any atom is 0.320 e. The van der Waals surface area contributed by atoms with Crippen LogP contribution in [0.4, 0.5) is 4.39 Å². The van der Waals surface area contributed by atoms with Crippen molar-refractivity contribution in [3.8, 4) is 0 Å². The Bertz CT molecular complexity index is 743. The lowest BCUT2D eigenvalue weighted by molar-refractivity contribution is -0.159. The molecule has 138 valence electrons. The molecule has 0 saturated heterocycles. The Morgan fingerprint density at radius 3 is 1.85 bits per heavy atom. The molecule has 0 amide bonds. The van der Waals surface area contributed by atoms with E-state index in [0.717, 1.165) is 5.19 Å². The van der Waals surface area contributed by atoms with Gasteiger partial charge < -0.3 is 9.47 Å². The lowest BCUT2D eigenvalue weighted by Gasteiger charge is -2.36. The fourth-order valence-electron chi connectivity index (χ4n) is 3.37. The van der Waals surface area contributed by atoms with E-state index in [2.05, 4.69) is 13.1 Å². The maximum absolute atomic E-state index is 13.4. The highest BCUT2D eigenvalue weighted by molar-refractivity contribution is 6.91. The molecule has 0 aliphatic carbocycles. The lowest BCUT2D eigenvalue weighted by atomic mass is 9.98. The van der Waals surface area contributed by atoms with Gasteiger partial charge >= 0.3 is 11.9 Å². The molecule has 26 heavy (non-hydrogen) atoms. The summed E-state index contributed by atoms with van der Waals surface area (Å²) in [4.78, 5) is 25.0. The van der Waals surface area contributed by atoms with Crippen LogP contribution in [0, 0.1) is 11.7 Å². The van der Waals surface area contributed by atoms with E-state index in [1.165, 1.54) is 26.4 Å². The molecule has 0 aliphatic heterocycles. The van der Waals surface area contributed by atoms with Gasteiger partial charge in [0.05, 0.1) is 22.3 Å². The number of ether oxygens (including phenoxy) is 2. The Hall–Kier alpha value is -2.47. The van der Waals surface area contributed by atoms with E-state index in [9.17, 15) is 14.0 Å². The zero-order valence-electron chi connectivity index (χ0n) is 15.4. The number of carbonyl (C=O) groups is 2.